The highest BCUT2D eigenvalue weighted by Gasteiger charge is 2.54. The molecule has 0 radical (unpaired) electrons. The van der Waals surface area contributed by atoms with Gasteiger partial charge in [0.1, 0.15) is 29.4 Å². The topological polar surface area (TPSA) is 164 Å². The van der Waals surface area contributed by atoms with Gasteiger partial charge in [-0.15, -0.1) is 0 Å². The number of likely N-dealkylation sites (tertiary alicyclic amines) is 1. The Hall–Kier alpha value is -4.92. The zero-order valence-electron chi connectivity index (χ0n) is 23.1. The highest BCUT2D eigenvalue weighted by Crippen LogP contribution is 2.38. The number of nitrogens with one attached hydrogen (secondary N) is 2. The number of fused-ring (bicyclic) bond motifs is 1. The Morgan fingerprint density at radius 1 is 1.20 bits per heavy atom. The minimum absolute atomic E-state index is 0.0514. The van der Waals surface area contributed by atoms with Crippen molar-refractivity contribution in [1.82, 2.24) is 20.5 Å². The van der Waals surface area contributed by atoms with Crippen molar-refractivity contribution >= 4 is 29.5 Å². The van der Waals surface area contributed by atoms with E-state index in [0.717, 1.165) is 5.56 Å². The molecule has 41 heavy (non-hydrogen) atoms. The van der Waals surface area contributed by atoms with E-state index in [0.29, 0.717) is 29.9 Å². The Bertz CT molecular complexity index is 1420. The molecule has 1 saturated heterocycles. The summed E-state index contributed by atoms with van der Waals surface area (Å²) in [5.41, 5.74) is -0.619. The van der Waals surface area contributed by atoms with Crippen molar-refractivity contribution in [3.05, 3.63) is 65.7 Å². The van der Waals surface area contributed by atoms with Crippen LogP contribution in [0.1, 0.15) is 31.4 Å². The number of carboxylic acid groups (broad SMARTS) is 1. The van der Waals surface area contributed by atoms with Crippen LogP contribution in [0.5, 0.6) is 5.75 Å². The van der Waals surface area contributed by atoms with Crippen LogP contribution < -0.4 is 15.4 Å². The first-order valence-electron chi connectivity index (χ1n) is 13.1. The maximum absolute atomic E-state index is 14.0. The molecule has 2 aliphatic rings. The van der Waals surface area contributed by atoms with E-state index in [1.165, 1.54) is 29.8 Å². The zero-order chi connectivity index (χ0) is 29.8. The highest BCUT2D eigenvalue weighted by molar-refractivity contribution is 6.13. The fourth-order valence-corrected chi connectivity index (χ4v) is 5.11. The van der Waals surface area contributed by atoms with Gasteiger partial charge in [-0.25, -0.2) is 9.80 Å². The summed E-state index contributed by atoms with van der Waals surface area (Å²) in [6, 6.07) is 16.6. The number of ether oxygens (including phenoxy) is 1. The first-order valence-corrected chi connectivity index (χ1v) is 13.1. The predicted octanol–water partition coefficient (Wildman–Crippen LogP) is 1.76. The van der Waals surface area contributed by atoms with E-state index in [-0.39, 0.29) is 25.6 Å². The molecule has 2 aromatic rings. The number of benzene rings is 2. The lowest BCUT2D eigenvalue weighted by molar-refractivity contribution is -0.143. The Kier molecular flexibility index (Phi) is 8.28. The monoisotopic (exact) mass is 560 g/mol. The Balaban J connectivity index is 1.60. The molecule has 4 rings (SSSR count). The normalized spacial score (nSPS) is 19.0. The highest BCUT2D eigenvalue weighted by atomic mass is 16.5. The van der Waals surface area contributed by atoms with E-state index in [2.05, 4.69) is 15.7 Å². The van der Waals surface area contributed by atoms with Gasteiger partial charge in [0.05, 0.1) is 17.3 Å². The van der Waals surface area contributed by atoms with Crippen LogP contribution in [0.25, 0.3) is 0 Å². The maximum Gasteiger partial charge on any atom is 0.405 e. The van der Waals surface area contributed by atoms with Crippen LogP contribution in [0.3, 0.4) is 0 Å². The molecule has 0 spiro atoms. The largest absolute Gasteiger partial charge is 0.491 e. The quantitative estimate of drug-likeness (QED) is 0.420. The molecule has 12 nitrogen and oxygen atoms in total. The number of rotatable bonds is 9. The number of amides is 4. The van der Waals surface area contributed by atoms with E-state index in [1.54, 1.807) is 25.2 Å². The summed E-state index contributed by atoms with van der Waals surface area (Å²) >= 11 is 0. The number of nitrogens with zero attached hydrogens (tertiary/aromatic N) is 4. The zero-order valence-corrected chi connectivity index (χ0v) is 23.1. The van der Waals surface area contributed by atoms with Gasteiger partial charge in [0, 0.05) is 26.6 Å². The third-order valence-corrected chi connectivity index (χ3v) is 7.24. The first-order chi connectivity index (χ1) is 19.4. The van der Waals surface area contributed by atoms with Crippen LogP contribution in [0, 0.1) is 16.7 Å². The van der Waals surface area contributed by atoms with Crippen LogP contribution in [-0.4, -0.2) is 82.9 Å². The second-order valence-electron chi connectivity index (χ2n) is 10.7. The van der Waals surface area contributed by atoms with Crippen molar-refractivity contribution in [3.8, 4) is 11.8 Å². The van der Waals surface area contributed by atoms with Crippen molar-refractivity contribution in [2.24, 2.45) is 10.5 Å². The summed E-state index contributed by atoms with van der Waals surface area (Å²) in [6.07, 6.45) is -0.678. The molecule has 3 N–H and O–H groups in total. The lowest BCUT2D eigenvalue weighted by Gasteiger charge is -2.40. The molecule has 1 fully saturated rings. The second-order valence-corrected chi connectivity index (χ2v) is 10.7. The van der Waals surface area contributed by atoms with Crippen LogP contribution in [0.4, 0.5) is 4.79 Å². The number of carbonyl (C=O) groups excluding carboxylic acids is 3. The summed E-state index contributed by atoms with van der Waals surface area (Å²) in [6.45, 7) is 2.78. The molecule has 4 amide bonds. The van der Waals surface area contributed by atoms with Gasteiger partial charge in [0.25, 0.3) is 5.91 Å². The first kappa shape index (κ1) is 29.1. The molecule has 2 aromatic carbocycles. The number of piperidine rings is 1. The van der Waals surface area contributed by atoms with E-state index in [9.17, 15) is 24.4 Å². The molecule has 0 aliphatic carbocycles. The summed E-state index contributed by atoms with van der Waals surface area (Å²) in [5, 5.41) is 28.9. The summed E-state index contributed by atoms with van der Waals surface area (Å²) in [5.74, 6) is -1.12. The van der Waals surface area contributed by atoms with Gasteiger partial charge in [-0.05, 0) is 44.0 Å². The molecule has 0 aromatic heterocycles. The molecule has 2 heterocycles. The fraction of sp³-hybridized carbons (Fsp3) is 0.379. The van der Waals surface area contributed by atoms with Crippen LogP contribution in [0.15, 0.2) is 59.7 Å². The SMILES string of the molecule is CN1N=C2CCN(C(=O)[C@@H](COc3cccc(C#N)c3)NC(=O)C(C)(C)NC(=O)O)C[C@@]2(Cc2ccccc2)C1=O. The van der Waals surface area contributed by atoms with Crippen molar-refractivity contribution < 1.29 is 29.0 Å². The Labute approximate surface area is 237 Å². The smallest absolute Gasteiger partial charge is 0.405 e. The molecule has 0 bridgehead atoms. The number of nitriles is 1. The molecule has 214 valence electrons. The molecule has 2 atom stereocenters. The van der Waals surface area contributed by atoms with E-state index in [1.807, 2.05) is 36.4 Å². The third-order valence-electron chi connectivity index (χ3n) is 7.24. The van der Waals surface area contributed by atoms with Gasteiger partial charge in [-0.1, -0.05) is 36.4 Å². The van der Waals surface area contributed by atoms with Gasteiger partial charge < -0.3 is 25.4 Å². The second kappa shape index (κ2) is 11.7. The number of carbonyl (C=O) groups is 4. The molecule has 12 heteroatoms. The van der Waals surface area contributed by atoms with Crippen molar-refractivity contribution in [1.29, 1.82) is 5.26 Å². The average molecular weight is 561 g/mol. The van der Waals surface area contributed by atoms with Crippen molar-refractivity contribution in [3.63, 3.8) is 0 Å². The van der Waals surface area contributed by atoms with Crippen LogP contribution in [0.2, 0.25) is 0 Å². The minimum Gasteiger partial charge on any atom is -0.491 e. The molecular formula is C29H32N6O6. The van der Waals surface area contributed by atoms with Gasteiger partial charge in [-0.3, -0.25) is 14.4 Å². The van der Waals surface area contributed by atoms with E-state index >= 15 is 0 Å². The summed E-state index contributed by atoms with van der Waals surface area (Å²) in [7, 11) is 1.59. The lowest BCUT2D eigenvalue weighted by atomic mass is 9.73. The predicted molar refractivity (Wildman–Crippen MR) is 148 cm³/mol. The van der Waals surface area contributed by atoms with Crippen molar-refractivity contribution in [2.75, 3.05) is 26.7 Å². The summed E-state index contributed by atoms with van der Waals surface area (Å²) in [4.78, 5) is 53.3. The number of hydrogen-bond donors (Lipinski definition) is 3. The molecule has 0 saturated carbocycles. The van der Waals surface area contributed by atoms with E-state index in [4.69, 9.17) is 9.84 Å². The molecular weight excluding hydrogens is 528 g/mol. The summed E-state index contributed by atoms with van der Waals surface area (Å²) < 4.78 is 5.81. The van der Waals surface area contributed by atoms with Gasteiger partial charge >= 0.3 is 6.09 Å². The fourth-order valence-electron chi connectivity index (χ4n) is 5.11. The van der Waals surface area contributed by atoms with Gasteiger partial charge in [0.2, 0.25) is 11.8 Å². The lowest BCUT2D eigenvalue weighted by Crippen LogP contribution is -2.62. The van der Waals surface area contributed by atoms with Crippen LogP contribution >= 0.6 is 0 Å². The number of hydrogen-bond acceptors (Lipinski definition) is 7. The Morgan fingerprint density at radius 3 is 2.61 bits per heavy atom. The molecule has 2 aliphatic heterocycles. The Morgan fingerprint density at radius 2 is 1.93 bits per heavy atom. The maximum atomic E-state index is 14.0. The average Bonchev–Trinajstić information content (AvgIpc) is 3.19. The molecule has 0 unspecified atom stereocenters. The van der Waals surface area contributed by atoms with Crippen LogP contribution in [-0.2, 0) is 20.8 Å². The standard InChI is InChI=1S/C29H32N6O6/c1-28(2,32-27(39)40)25(37)31-22(17-41-21-11-7-10-20(14-21)16-30)24(36)35-13-12-23-29(18-35,26(38)34(3)33-23)15-19-8-5-4-6-9-19/h4-11,14,22,32H,12-13,15,17-18H2,1-3H3,(H,31,37)(H,39,40)/t22-,29-/m1/s1. The third kappa shape index (κ3) is 6.30. The van der Waals surface area contributed by atoms with Crippen molar-refractivity contribution in [2.45, 2.75) is 38.3 Å². The minimum atomic E-state index is -1.55. The number of hydrazone groups is 1. The van der Waals surface area contributed by atoms with E-state index < -0.39 is 34.9 Å². The van der Waals surface area contributed by atoms with Gasteiger partial charge in [0.15, 0.2) is 0 Å². The van der Waals surface area contributed by atoms with Gasteiger partial charge in [-0.2, -0.15) is 10.4 Å².